The van der Waals surface area contributed by atoms with E-state index in [1.165, 1.54) is 0 Å². The van der Waals surface area contributed by atoms with Gasteiger partial charge < -0.3 is 10.1 Å². The Hall–Kier alpha value is -1.66. The van der Waals surface area contributed by atoms with Gasteiger partial charge in [0, 0.05) is 5.02 Å². The number of hydrazine groups is 1. The zero-order chi connectivity index (χ0) is 19.2. The van der Waals surface area contributed by atoms with E-state index in [-0.39, 0.29) is 5.92 Å². The Morgan fingerprint density at radius 1 is 1.24 bits per heavy atom. The highest BCUT2D eigenvalue weighted by Gasteiger charge is 2.28. The first kappa shape index (κ1) is 21.4. The van der Waals surface area contributed by atoms with Crippen LogP contribution < -0.4 is 16.2 Å². The third-order valence-electron chi connectivity index (χ3n) is 3.42. The number of nitrogens with one attached hydrogen (secondary N) is 3. The summed E-state index contributed by atoms with van der Waals surface area (Å²) in [5, 5.41) is 3.48. The van der Waals surface area contributed by atoms with Gasteiger partial charge in [0.1, 0.15) is 11.6 Å². The summed E-state index contributed by atoms with van der Waals surface area (Å²) in [6.45, 7) is 9.08. The Kier molecular flexibility index (Phi) is 7.83. The lowest BCUT2D eigenvalue weighted by Gasteiger charge is -2.26. The van der Waals surface area contributed by atoms with E-state index in [0.29, 0.717) is 22.2 Å². The predicted octanol–water partition coefficient (Wildman–Crippen LogP) is 4.38. The number of rotatable bonds is 6. The van der Waals surface area contributed by atoms with Crippen molar-refractivity contribution in [3.8, 4) is 0 Å². The lowest BCUT2D eigenvalue weighted by molar-refractivity contribution is -0.123. The predicted molar refractivity (Wildman–Crippen MR) is 101 cm³/mol. The minimum Gasteiger partial charge on any atom is -0.444 e. The molecule has 0 saturated carbocycles. The molecule has 0 aliphatic rings. The van der Waals surface area contributed by atoms with Crippen LogP contribution in [0.3, 0.4) is 0 Å². The second-order valence-electron chi connectivity index (χ2n) is 6.75. The summed E-state index contributed by atoms with van der Waals surface area (Å²) in [5.74, 6) is -0.485. The van der Waals surface area contributed by atoms with Crippen molar-refractivity contribution in [3.05, 3.63) is 28.2 Å². The van der Waals surface area contributed by atoms with E-state index in [0.717, 1.165) is 0 Å². The van der Waals surface area contributed by atoms with Gasteiger partial charge in [-0.05, 0) is 44.9 Å². The molecule has 0 heterocycles. The van der Waals surface area contributed by atoms with Gasteiger partial charge in [-0.15, -0.1) is 0 Å². The van der Waals surface area contributed by atoms with Crippen molar-refractivity contribution in [2.24, 2.45) is 5.92 Å². The van der Waals surface area contributed by atoms with Gasteiger partial charge in [-0.3, -0.25) is 15.6 Å². The molecule has 25 heavy (non-hydrogen) atoms. The van der Waals surface area contributed by atoms with Crippen molar-refractivity contribution in [2.75, 3.05) is 5.43 Å². The number of halogens is 2. The zero-order valence-corrected chi connectivity index (χ0v) is 16.6. The highest BCUT2D eigenvalue weighted by atomic mass is 35.5. The molecule has 2 unspecified atom stereocenters. The number of carbonyl (C=O) groups excluding carboxylic acids is 2. The average Bonchev–Trinajstić information content (AvgIpc) is 2.49. The molecule has 140 valence electrons. The van der Waals surface area contributed by atoms with Gasteiger partial charge in [0.05, 0.1) is 10.7 Å². The van der Waals surface area contributed by atoms with Gasteiger partial charge in [0.15, 0.2) is 0 Å². The highest BCUT2D eigenvalue weighted by molar-refractivity contribution is 6.36. The molecular formula is C17H25Cl2N3O3. The quantitative estimate of drug-likeness (QED) is 0.630. The number of alkyl carbamates (subject to hydrolysis) is 1. The number of carbonyl (C=O) groups is 2. The van der Waals surface area contributed by atoms with E-state index < -0.39 is 23.6 Å². The average molecular weight is 390 g/mol. The van der Waals surface area contributed by atoms with Crippen LogP contribution in [0.1, 0.15) is 41.0 Å². The zero-order valence-electron chi connectivity index (χ0n) is 15.1. The summed E-state index contributed by atoms with van der Waals surface area (Å²) in [7, 11) is 0. The molecule has 0 aromatic heterocycles. The van der Waals surface area contributed by atoms with Gasteiger partial charge in [-0.25, -0.2) is 4.79 Å². The van der Waals surface area contributed by atoms with Crippen LogP contribution >= 0.6 is 23.2 Å². The van der Waals surface area contributed by atoms with Gasteiger partial charge in [0.25, 0.3) is 5.91 Å². The molecule has 0 aliphatic carbocycles. The molecule has 2 atom stereocenters. The summed E-state index contributed by atoms with van der Waals surface area (Å²) in [5.41, 5.74) is 5.15. The first-order chi connectivity index (χ1) is 11.5. The molecule has 3 N–H and O–H groups in total. The Morgan fingerprint density at radius 3 is 2.40 bits per heavy atom. The monoisotopic (exact) mass is 389 g/mol. The number of hydrogen-bond acceptors (Lipinski definition) is 4. The largest absolute Gasteiger partial charge is 0.444 e. The third-order valence-corrected chi connectivity index (χ3v) is 3.97. The summed E-state index contributed by atoms with van der Waals surface area (Å²) >= 11 is 11.9. The minimum atomic E-state index is -0.751. The molecule has 1 aromatic rings. The number of hydrogen-bond donors (Lipinski definition) is 3. The Bertz CT molecular complexity index is 618. The Balaban J connectivity index is 2.74. The molecular weight excluding hydrogens is 365 g/mol. The molecule has 2 amide bonds. The maximum absolute atomic E-state index is 12.5. The molecule has 0 saturated heterocycles. The van der Waals surface area contributed by atoms with E-state index in [2.05, 4.69) is 16.2 Å². The minimum absolute atomic E-state index is 0.0880. The van der Waals surface area contributed by atoms with E-state index in [4.69, 9.17) is 27.9 Å². The smallest absolute Gasteiger partial charge is 0.408 e. The van der Waals surface area contributed by atoms with Crippen molar-refractivity contribution >= 4 is 40.9 Å². The fourth-order valence-electron chi connectivity index (χ4n) is 1.93. The molecule has 0 fully saturated rings. The number of anilines is 1. The van der Waals surface area contributed by atoms with E-state index >= 15 is 0 Å². The topological polar surface area (TPSA) is 79.5 Å². The summed E-state index contributed by atoms with van der Waals surface area (Å²) in [4.78, 5) is 24.5. The summed E-state index contributed by atoms with van der Waals surface area (Å²) in [6.07, 6.45) is 0.0627. The van der Waals surface area contributed by atoms with Crippen LogP contribution in [-0.2, 0) is 9.53 Å². The van der Waals surface area contributed by atoms with Crippen LogP contribution in [0.15, 0.2) is 18.2 Å². The second kappa shape index (κ2) is 9.15. The highest BCUT2D eigenvalue weighted by Crippen LogP contribution is 2.24. The molecule has 0 bridgehead atoms. The van der Waals surface area contributed by atoms with Crippen LogP contribution in [0.25, 0.3) is 0 Å². The maximum atomic E-state index is 12.5. The van der Waals surface area contributed by atoms with E-state index in [9.17, 15) is 9.59 Å². The lowest BCUT2D eigenvalue weighted by Crippen LogP contribution is -2.52. The third kappa shape index (κ3) is 7.40. The normalized spacial score (nSPS) is 13.6. The molecule has 0 radical (unpaired) electrons. The molecule has 0 aliphatic heterocycles. The molecule has 0 spiro atoms. The Labute approximate surface area is 158 Å². The van der Waals surface area contributed by atoms with Crippen LogP contribution in [0.5, 0.6) is 0 Å². The fourth-order valence-corrected chi connectivity index (χ4v) is 2.39. The maximum Gasteiger partial charge on any atom is 0.408 e. The molecule has 8 heteroatoms. The Morgan fingerprint density at radius 2 is 1.88 bits per heavy atom. The van der Waals surface area contributed by atoms with Crippen molar-refractivity contribution < 1.29 is 14.3 Å². The van der Waals surface area contributed by atoms with Crippen LogP contribution in [0.2, 0.25) is 10.0 Å². The van der Waals surface area contributed by atoms with Gasteiger partial charge >= 0.3 is 6.09 Å². The number of amides is 2. The van der Waals surface area contributed by atoms with E-state index in [1.54, 1.807) is 39.0 Å². The van der Waals surface area contributed by atoms with Crippen molar-refractivity contribution in [2.45, 2.75) is 52.7 Å². The van der Waals surface area contributed by atoms with Crippen molar-refractivity contribution in [1.29, 1.82) is 0 Å². The van der Waals surface area contributed by atoms with Crippen LogP contribution in [0.4, 0.5) is 10.5 Å². The van der Waals surface area contributed by atoms with Gasteiger partial charge in [0.2, 0.25) is 0 Å². The van der Waals surface area contributed by atoms with Gasteiger partial charge in [-0.1, -0.05) is 43.5 Å². The van der Waals surface area contributed by atoms with Crippen LogP contribution in [0, 0.1) is 5.92 Å². The molecule has 6 nitrogen and oxygen atoms in total. The first-order valence-corrected chi connectivity index (χ1v) is 8.79. The van der Waals surface area contributed by atoms with Crippen molar-refractivity contribution in [3.63, 3.8) is 0 Å². The summed E-state index contributed by atoms with van der Waals surface area (Å²) in [6, 6.07) is 4.10. The fraction of sp³-hybridized carbons (Fsp3) is 0.529. The molecule has 1 aromatic carbocycles. The summed E-state index contributed by atoms with van der Waals surface area (Å²) < 4.78 is 5.22. The van der Waals surface area contributed by atoms with Crippen LogP contribution in [-0.4, -0.2) is 23.6 Å². The second-order valence-corrected chi connectivity index (χ2v) is 7.59. The number of ether oxygens (including phenoxy) is 1. The SMILES string of the molecule is CCC(C)C(NC(=O)OC(C)(C)C)C(=O)NNc1ccc(Cl)cc1Cl. The first-order valence-electron chi connectivity index (χ1n) is 8.04. The van der Waals surface area contributed by atoms with Crippen molar-refractivity contribution in [1.82, 2.24) is 10.7 Å². The number of benzene rings is 1. The lowest BCUT2D eigenvalue weighted by atomic mass is 9.99. The molecule has 1 rings (SSSR count). The standard InChI is InChI=1S/C17H25Cl2N3O3/c1-6-10(2)14(20-16(24)25-17(3,4)5)15(23)22-21-13-8-7-11(18)9-12(13)19/h7-10,14,21H,6H2,1-5H3,(H,20,24)(H,22,23). The van der Waals surface area contributed by atoms with E-state index in [1.807, 2.05) is 13.8 Å². The van der Waals surface area contributed by atoms with Gasteiger partial charge in [-0.2, -0.15) is 0 Å².